The van der Waals surface area contributed by atoms with Crippen molar-refractivity contribution in [3.05, 3.63) is 35.4 Å². The van der Waals surface area contributed by atoms with Crippen LogP contribution in [0.25, 0.3) is 0 Å². The fourth-order valence-electron chi connectivity index (χ4n) is 2.69. The van der Waals surface area contributed by atoms with Gasteiger partial charge in [0.2, 0.25) is 0 Å². The van der Waals surface area contributed by atoms with Gasteiger partial charge in [0.1, 0.15) is 0 Å². The van der Waals surface area contributed by atoms with Crippen LogP contribution in [-0.2, 0) is 6.54 Å². The van der Waals surface area contributed by atoms with Crippen molar-refractivity contribution in [3.63, 3.8) is 0 Å². The summed E-state index contributed by atoms with van der Waals surface area (Å²) >= 11 is 0. The van der Waals surface area contributed by atoms with Crippen LogP contribution in [0.1, 0.15) is 44.2 Å². The van der Waals surface area contributed by atoms with Crippen molar-refractivity contribution in [3.8, 4) is 0 Å². The third kappa shape index (κ3) is 3.33. The molecule has 1 aromatic rings. The molecule has 0 saturated carbocycles. The number of nitrogens with zero attached hydrogens (tertiary/aromatic N) is 1. The minimum atomic E-state index is 0.625. The summed E-state index contributed by atoms with van der Waals surface area (Å²) in [6, 6.07) is 9.86. The molecule has 0 amide bonds. The molecule has 1 aliphatic rings. The van der Waals surface area contributed by atoms with Crippen LogP contribution in [0.15, 0.2) is 24.3 Å². The molecule has 0 spiro atoms. The summed E-state index contributed by atoms with van der Waals surface area (Å²) < 4.78 is 0. The molecule has 1 heterocycles. The molecule has 2 nitrogen and oxygen atoms in total. The lowest BCUT2D eigenvalue weighted by molar-refractivity contribution is 0.210. The summed E-state index contributed by atoms with van der Waals surface area (Å²) in [5.41, 5.74) is 2.87. The Morgan fingerprint density at radius 1 is 1.28 bits per heavy atom. The molecule has 0 aliphatic carbocycles. The lowest BCUT2D eigenvalue weighted by Crippen LogP contribution is -2.36. The summed E-state index contributed by atoms with van der Waals surface area (Å²) in [5.74, 6) is 0.625. The predicted molar refractivity (Wildman–Crippen MR) is 77.9 cm³/mol. The molecule has 1 fully saturated rings. The molecule has 2 heteroatoms. The lowest BCUT2D eigenvalue weighted by Gasteiger charge is -2.27. The van der Waals surface area contributed by atoms with Gasteiger partial charge in [-0.2, -0.15) is 0 Å². The molecule has 0 aromatic heterocycles. The molecule has 2 rings (SSSR count). The molecular weight excluding hydrogens is 220 g/mol. The van der Waals surface area contributed by atoms with Gasteiger partial charge in [0.05, 0.1) is 0 Å². The standard InChI is InChI=1S/C16H26N2/c1-4-18(16-9-10-17-11-16)12-14-5-7-15(8-6-14)13(2)3/h5-8,13,16-17H,4,9-12H2,1-3H3. The summed E-state index contributed by atoms with van der Waals surface area (Å²) in [5, 5.41) is 3.46. The van der Waals surface area contributed by atoms with Crippen molar-refractivity contribution < 1.29 is 0 Å². The van der Waals surface area contributed by atoms with E-state index in [1.807, 2.05) is 0 Å². The molecule has 0 bridgehead atoms. The number of likely N-dealkylation sites (N-methyl/N-ethyl adjacent to an activating group) is 1. The second-order valence-electron chi connectivity index (χ2n) is 5.61. The number of rotatable bonds is 5. The van der Waals surface area contributed by atoms with Crippen LogP contribution in [0.2, 0.25) is 0 Å². The third-order valence-electron chi connectivity index (χ3n) is 3.99. The van der Waals surface area contributed by atoms with Crippen molar-refractivity contribution in [1.82, 2.24) is 10.2 Å². The Hall–Kier alpha value is -0.860. The fourth-order valence-corrected chi connectivity index (χ4v) is 2.69. The van der Waals surface area contributed by atoms with Crippen molar-refractivity contribution in [2.75, 3.05) is 19.6 Å². The summed E-state index contributed by atoms with van der Waals surface area (Å²) in [6.07, 6.45) is 1.29. The number of hydrogen-bond acceptors (Lipinski definition) is 2. The minimum absolute atomic E-state index is 0.625. The van der Waals surface area contributed by atoms with Gasteiger partial charge in [-0.3, -0.25) is 4.90 Å². The first-order valence-electron chi connectivity index (χ1n) is 7.24. The van der Waals surface area contributed by atoms with E-state index in [-0.39, 0.29) is 0 Å². The zero-order valence-corrected chi connectivity index (χ0v) is 11.9. The Labute approximate surface area is 111 Å². The van der Waals surface area contributed by atoms with Gasteiger partial charge in [0.25, 0.3) is 0 Å². The quantitative estimate of drug-likeness (QED) is 0.859. The maximum absolute atomic E-state index is 3.46. The van der Waals surface area contributed by atoms with Gasteiger partial charge in [-0.1, -0.05) is 45.0 Å². The third-order valence-corrected chi connectivity index (χ3v) is 3.99. The van der Waals surface area contributed by atoms with Gasteiger partial charge >= 0.3 is 0 Å². The zero-order chi connectivity index (χ0) is 13.0. The van der Waals surface area contributed by atoms with E-state index in [0.29, 0.717) is 5.92 Å². The van der Waals surface area contributed by atoms with Gasteiger partial charge in [-0.15, -0.1) is 0 Å². The van der Waals surface area contributed by atoms with Crippen molar-refractivity contribution in [1.29, 1.82) is 0 Å². The van der Waals surface area contributed by atoms with Crippen molar-refractivity contribution in [2.45, 2.75) is 45.7 Å². The Morgan fingerprint density at radius 3 is 2.50 bits per heavy atom. The largest absolute Gasteiger partial charge is 0.315 e. The monoisotopic (exact) mass is 246 g/mol. The Morgan fingerprint density at radius 2 is 2.00 bits per heavy atom. The highest BCUT2D eigenvalue weighted by atomic mass is 15.2. The highest BCUT2D eigenvalue weighted by molar-refractivity contribution is 5.24. The molecule has 1 atom stereocenters. The first kappa shape index (κ1) is 13.6. The Balaban J connectivity index is 1.98. The molecular formula is C16H26N2. The molecule has 1 N–H and O–H groups in total. The first-order chi connectivity index (χ1) is 8.70. The molecule has 100 valence electrons. The molecule has 0 radical (unpaired) electrons. The highest BCUT2D eigenvalue weighted by Gasteiger charge is 2.20. The predicted octanol–water partition coefficient (Wildman–Crippen LogP) is 2.99. The normalized spacial score (nSPS) is 19.9. The maximum atomic E-state index is 3.46. The average Bonchev–Trinajstić information content (AvgIpc) is 2.90. The van der Waals surface area contributed by atoms with Gasteiger partial charge in [-0.25, -0.2) is 0 Å². The van der Waals surface area contributed by atoms with Crippen LogP contribution in [0.3, 0.4) is 0 Å². The second kappa shape index (κ2) is 6.35. The van der Waals surface area contributed by atoms with E-state index in [1.54, 1.807) is 0 Å². The van der Waals surface area contributed by atoms with Gasteiger partial charge in [-0.05, 0) is 36.6 Å². The fraction of sp³-hybridized carbons (Fsp3) is 0.625. The van der Waals surface area contributed by atoms with Crippen LogP contribution in [0.5, 0.6) is 0 Å². The van der Waals surface area contributed by atoms with Crippen LogP contribution in [0, 0.1) is 0 Å². The Bertz CT molecular complexity index is 350. The van der Waals surface area contributed by atoms with Gasteiger partial charge < -0.3 is 5.32 Å². The van der Waals surface area contributed by atoms with E-state index in [1.165, 1.54) is 24.1 Å². The number of hydrogen-bond donors (Lipinski definition) is 1. The van der Waals surface area contributed by atoms with Crippen LogP contribution in [0.4, 0.5) is 0 Å². The van der Waals surface area contributed by atoms with Crippen LogP contribution < -0.4 is 5.32 Å². The van der Waals surface area contributed by atoms with E-state index in [9.17, 15) is 0 Å². The molecule has 1 unspecified atom stereocenters. The molecule has 18 heavy (non-hydrogen) atoms. The average molecular weight is 246 g/mol. The summed E-state index contributed by atoms with van der Waals surface area (Å²) in [6.45, 7) is 11.3. The highest BCUT2D eigenvalue weighted by Crippen LogP contribution is 2.17. The van der Waals surface area contributed by atoms with Crippen LogP contribution in [-0.4, -0.2) is 30.6 Å². The summed E-state index contributed by atoms with van der Waals surface area (Å²) in [4.78, 5) is 2.59. The SMILES string of the molecule is CCN(Cc1ccc(C(C)C)cc1)C1CCNC1. The molecule has 1 aliphatic heterocycles. The molecule has 1 aromatic carbocycles. The minimum Gasteiger partial charge on any atom is -0.315 e. The maximum Gasteiger partial charge on any atom is 0.0237 e. The van der Waals surface area contributed by atoms with Crippen molar-refractivity contribution >= 4 is 0 Å². The lowest BCUT2D eigenvalue weighted by atomic mass is 10.0. The van der Waals surface area contributed by atoms with Crippen molar-refractivity contribution in [2.24, 2.45) is 0 Å². The number of benzene rings is 1. The smallest absolute Gasteiger partial charge is 0.0237 e. The van der Waals surface area contributed by atoms with E-state index < -0.39 is 0 Å². The van der Waals surface area contributed by atoms with Gasteiger partial charge in [0.15, 0.2) is 0 Å². The van der Waals surface area contributed by atoms with E-state index >= 15 is 0 Å². The van der Waals surface area contributed by atoms with E-state index in [0.717, 1.165) is 25.7 Å². The zero-order valence-electron chi connectivity index (χ0n) is 11.9. The van der Waals surface area contributed by atoms with E-state index in [2.05, 4.69) is 55.3 Å². The Kier molecular flexibility index (Phi) is 4.79. The summed E-state index contributed by atoms with van der Waals surface area (Å²) in [7, 11) is 0. The number of nitrogens with one attached hydrogen (secondary N) is 1. The van der Waals surface area contributed by atoms with Crippen LogP contribution >= 0.6 is 0 Å². The molecule has 1 saturated heterocycles. The topological polar surface area (TPSA) is 15.3 Å². The first-order valence-corrected chi connectivity index (χ1v) is 7.24. The van der Waals surface area contributed by atoms with Gasteiger partial charge in [0, 0.05) is 19.1 Å². The second-order valence-corrected chi connectivity index (χ2v) is 5.61. The van der Waals surface area contributed by atoms with E-state index in [4.69, 9.17) is 0 Å².